The van der Waals surface area contributed by atoms with Gasteiger partial charge in [0, 0.05) is 27.3 Å². The molecule has 0 amide bonds. The largest absolute Gasteiger partial charge is 0.665 e. The summed E-state index contributed by atoms with van der Waals surface area (Å²) in [6.45, 7) is 0. The van der Waals surface area contributed by atoms with Gasteiger partial charge in [-0.25, -0.2) is 20.8 Å². The van der Waals surface area contributed by atoms with Gasteiger partial charge in [-0.05, 0) is 20.9 Å². The van der Waals surface area contributed by atoms with Crippen LogP contribution in [-0.4, -0.2) is 31.0 Å². The molecule has 4 heterocycles. The second-order valence-corrected chi connectivity index (χ2v) is 6.94. The number of allylic oxidation sites excluding steroid dienone is 4. The third kappa shape index (κ3) is 8.24. The number of nitrogens with zero attached hydrogens (tertiary/aromatic N) is 6. The molecular formula is C24H20CdN6O6-2. The average molecular weight is 601 g/mol. The zero-order chi connectivity index (χ0) is 25.9. The first-order chi connectivity index (χ1) is 17.4. The van der Waals surface area contributed by atoms with E-state index in [1.165, 1.54) is 0 Å². The van der Waals surface area contributed by atoms with Crippen LogP contribution in [0, 0.1) is 9.81 Å². The minimum absolute atomic E-state index is 0. The monoisotopic (exact) mass is 602 g/mol. The molecule has 2 aromatic carbocycles. The Morgan fingerprint density at radius 2 is 0.649 bits per heavy atom. The molecule has 0 fully saturated rings. The molecule has 4 aliphatic heterocycles. The summed E-state index contributed by atoms with van der Waals surface area (Å²) in [5.41, 5.74) is 3.91. The maximum atomic E-state index is 8.47. The smallest absolute Gasteiger partial charge is 0.472 e. The molecule has 0 saturated heterocycles. The molecule has 4 N–H and O–H groups in total. The molecule has 6 rings (SSSR count). The fourth-order valence-corrected chi connectivity index (χ4v) is 3.36. The van der Waals surface area contributed by atoms with E-state index in [4.69, 9.17) is 30.6 Å². The molecule has 4 aliphatic rings. The molecule has 0 spiro atoms. The van der Waals surface area contributed by atoms with Crippen LogP contribution in [0.4, 0.5) is 22.7 Å². The van der Waals surface area contributed by atoms with Crippen molar-refractivity contribution < 1.29 is 58.3 Å². The van der Waals surface area contributed by atoms with Gasteiger partial charge in [-0.15, -0.1) is 22.7 Å². The Morgan fingerprint density at radius 1 is 0.459 bits per heavy atom. The van der Waals surface area contributed by atoms with Crippen molar-refractivity contribution in [3.05, 3.63) is 125 Å². The molecular weight excluding hydrogens is 581 g/mol. The van der Waals surface area contributed by atoms with Crippen molar-refractivity contribution in [1.82, 2.24) is 0 Å². The number of rotatable bonds is 0. The molecule has 0 atom stereocenters. The van der Waals surface area contributed by atoms with E-state index in [0.29, 0.717) is 0 Å². The molecule has 0 unspecified atom stereocenters. The van der Waals surface area contributed by atoms with E-state index in [9.17, 15) is 0 Å². The van der Waals surface area contributed by atoms with Gasteiger partial charge in [-0.1, -0.05) is 72.9 Å². The third-order valence-corrected chi connectivity index (χ3v) is 4.69. The first-order valence-electron chi connectivity index (χ1n) is 10.2. The van der Waals surface area contributed by atoms with E-state index >= 15 is 0 Å². The van der Waals surface area contributed by atoms with Gasteiger partial charge in [-0.2, -0.15) is 24.8 Å². The summed E-state index contributed by atoms with van der Waals surface area (Å²) in [6, 6.07) is 8.30. The summed E-state index contributed by atoms with van der Waals surface area (Å²) in [4.78, 5) is 16.9. The molecule has 0 saturated carbocycles. The number of fused-ring (bicyclic) bond motifs is 6. The van der Waals surface area contributed by atoms with Gasteiger partial charge in [0.2, 0.25) is 0 Å². The topological polar surface area (TPSA) is 177 Å². The Bertz CT molecular complexity index is 1310. The van der Waals surface area contributed by atoms with Crippen LogP contribution in [0.25, 0.3) is 45.6 Å². The molecule has 12 nitrogen and oxygen atoms in total. The molecule has 2 aromatic rings. The summed E-state index contributed by atoms with van der Waals surface area (Å²) in [5.74, 6) is 0. The van der Waals surface area contributed by atoms with Crippen LogP contribution in [-0.2, 0) is 27.3 Å². The van der Waals surface area contributed by atoms with Crippen molar-refractivity contribution in [2.45, 2.75) is 0 Å². The van der Waals surface area contributed by atoms with Gasteiger partial charge in [0.15, 0.2) is 0 Å². The first-order valence-corrected chi connectivity index (χ1v) is 10.2. The van der Waals surface area contributed by atoms with Crippen molar-refractivity contribution >= 4 is 47.1 Å². The minimum atomic E-state index is -1.25. The van der Waals surface area contributed by atoms with Crippen LogP contribution in [0.15, 0.2) is 73.4 Å². The van der Waals surface area contributed by atoms with E-state index in [0.717, 1.165) is 43.6 Å². The summed E-state index contributed by atoms with van der Waals surface area (Å²) in [6.07, 6.45) is 23.2. The van der Waals surface area contributed by atoms with Crippen LogP contribution in [0.1, 0.15) is 0 Å². The summed E-state index contributed by atoms with van der Waals surface area (Å²) in [5, 5.41) is 47.0. The van der Waals surface area contributed by atoms with Crippen LogP contribution < -0.4 is 20.9 Å². The fraction of sp³-hybridized carbons (Fsp3) is 0. The van der Waals surface area contributed by atoms with E-state index in [1.807, 2.05) is 24.3 Å². The summed E-state index contributed by atoms with van der Waals surface area (Å²) in [7, 11) is 0. The van der Waals surface area contributed by atoms with Crippen molar-refractivity contribution in [3.63, 3.8) is 0 Å². The molecule has 0 aromatic heterocycles. The van der Waals surface area contributed by atoms with Crippen LogP contribution in [0.2, 0.25) is 0 Å². The van der Waals surface area contributed by atoms with E-state index in [-0.39, 0.29) is 27.3 Å². The van der Waals surface area contributed by atoms with E-state index < -0.39 is 10.2 Å². The summed E-state index contributed by atoms with van der Waals surface area (Å²) >= 11 is 0. The zero-order valence-electron chi connectivity index (χ0n) is 19.2. The molecule has 186 valence electrons. The Kier molecular flexibility index (Phi) is 10.9. The van der Waals surface area contributed by atoms with Gasteiger partial charge in [-0.3, -0.25) is 0 Å². The molecule has 37 heavy (non-hydrogen) atoms. The van der Waals surface area contributed by atoms with Crippen molar-refractivity contribution in [3.8, 4) is 0 Å². The van der Waals surface area contributed by atoms with E-state index in [2.05, 4.69) is 69.8 Å². The maximum Gasteiger partial charge on any atom is 0.472 e. The Hall–Kier alpha value is -4.60. The van der Waals surface area contributed by atoms with Gasteiger partial charge in [0.25, 0.3) is 0 Å². The summed E-state index contributed by atoms with van der Waals surface area (Å²) < 4.78 is 0. The van der Waals surface area contributed by atoms with Crippen LogP contribution >= 0.6 is 0 Å². The first kappa shape index (κ1) is 28.6. The minimum Gasteiger partial charge on any atom is -0.665 e. The average Bonchev–Trinajstić information content (AvgIpc) is 2.88. The van der Waals surface area contributed by atoms with Crippen LogP contribution in [0.3, 0.4) is 0 Å². The standard InChI is InChI=1S/2C12H8N2.Cd.2H2NO3/c2*1-3-9-5-6-10-4-2-8-14-12(10)11(9)13-7-1;;2*2-1(3)4/h2*1-8H;;2*(H2,2,3,4)/q2*-2;;2*+1. The normalized spacial score (nSPS) is 13.0. The number of hydrogen-bond donors (Lipinski definition) is 4. The fourth-order valence-electron chi connectivity index (χ4n) is 3.36. The Morgan fingerprint density at radius 3 is 0.838 bits per heavy atom. The maximum absolute atomic E-state index is 8.47. The SMILES string of the molecule is C1=C[N-]c2c3c(ccc2=C1)=CC=C[N-]3.C1=C[N-]c2c3c(ccc2=C1)=CC=C[N-]3.O=[N+](O)O.O=[N+](O)O.[Cd]. The predicted octanol–water partition coefficient (Wildman–Crippen LogP) is 3.71. The Labute approximate surface area is 230 Å². The van der Waals surface area contributed by atoms with Crippen LogP contribution in [0.5, 0.6) is 0 Å². The zero-order valence-corrected chi connectivity index (χ0v) is 23.3. The quantitative estimate of drug-likeness (QED) is 0.264. The van der Waals surface area contributed by atoms with Crippen molar-refractivity contribution in [2.75, 3.05) is 0 Å². The second kappa shape index (κ2) is 14.1. The molecule has 13 heteroatoms. The third-order valence-electron chi connectivity index (χ3n) is 4.69. The number of hydrogen-bond acceptors (Lipinski definition) is 2. The Balaban J connectivity index is 0.000000199. The molecule has 0 bridgehead atoms. The van der Waals surface area contributed by atoms with Gasteiger partial charge < -0.3 is 21.3 Å². The second-order valence-electron chi connectivity index (χ2n) is 6.94. The van der Waals surface area contributed by atoms with Gasteiger partial charge >= 0.3 is 10.2 Å². The van der Waals surface area contributed by atoms with Crippen molar-refractivity contribution in [1.29, 1.82) is 0 Å². The predicted molar refractivity (Wildman–Crippen MR) is 132 cm³/mol. The van der Waals surface area contributed by atoms with Gasteiger partial charge in [0.05, 0.1) is 0 Å². The van der Waals surface area contributed by atoms with Crippen molar-refractivity contribution in [2.24, 2.45) is 0 Å². The van der Waals surface area contributed by atoms with E-state index in [1.54, 1.807) is 24.8 Å². The van der Waals surface area contributed by atoms with Gasteiger partial charge in [0.1, 0.15) is 9.81 Å². The molecule has 0 aliphatic carbocycles. The molecule has 0 radical (unpaired) electrons. The number of benzene rings is 2.